The van der Waals surface area contributed by atoms with Gasteiger partial charge in [-0.15, -0.1) is 6.42 Å². The van der Waals surface area contributed by atoms with E-state index in [0.29, 0.717) is 11.5 Å². The molecule has 0 aromatic rings. The van der Waals surface area contributed by atoms with Crippen LogP contribution in [0, 0.1) is 37.5 Å². The van der Waals surface area contributed by atoms with Gasteiger partial charge in [0.15, 0.2) is 0 Å². The van der Waals surface area contributed by atoms with E-state index in [1.807, 2.05) is 0 Å². The van der Waals surface area contributed by atoms with Gasteiger partial charge in [0.1, 0.15) is 12.3 Å². The Morgan fingerprint density at radius 1 is 1.27 bits per heavy atom. The molecule has 1 aliphatic carbocycles. The minimum Gasteiger partial charge on any atom is -0.471 e. The van der Waals surface area contributed by atoms with Crippen molar-refractivity contribution in [3.8, 4) is 29.5 Å². The van der Waals surface area contributed by atoms with Crippen LogP contribution in [0.2, 0.25) is 0 Å². The molecule has 1 saturated heterocycles. The minimum atomic E-state index is 0.500. The van der Waals surface area contributed by atoms with Crippen LogP contribution in [0.15, 0.2) is 16.9 Å². The van der Waals surface area contributed by atoms with Gasteiger partial charge in [-0.3, -0.25) is 4.90 Å². The van der Waals surface area contributed by atoms with Crippen LogP contribution in [0.3, 0.4) is 0 Å². The Kier molecular flexibility index (Phi) is 3.92. The Morgan fingerprint density at radius 2 is 2.00 bits per heavy atom. The minimum absolute atomic E-state index is 0.500. The van der Waals surface area contributed by atoms with Crippen LogP contribution >= 0.6 is 0 Å². The van der Waals surface area contributed by atoms with Gasteiger partial charge >= 0.3 is 0 Å². The molecule has 2 aliphatic heterocycles. The summed E-state index contributed by atoms with van der Waals surface area (Å²) in [4.78, 5) is 2.32. The second kappa shape index (κ2) is 5.87. The van der Waals surface area contributed by atoms with Crippen LogP contribution in [-0.2, 0) is 0 Å². The molecule has 0 unspecified atom stereocenters. The number of hydrogen-bond acceptors (Lipinski definition) is 3. The number of rotatable bonds is 2. The number of likely N-dealkylation sites (tertiary alicyclic amines) is 1. The van der Waals surface area contributed by atoms with Crippen molar-refractivity contribution < 1.29 is 4.42 Å². The normalized spacial score (nSPS) is 16.5. The SMILES string of the molecule is C#CCN1CCC(c2c(C)c(C)c3cocc(C#N)c2-3)CC1. The number of nitriles is 1. The first-order valence-corrected chi connectivity index (χ1v) is 7.72. The molecule has 0 aromatic carbocycles. The van der Waals surface area contributed by atoms with Crippen molar-refractivity contribution >= 4 is 0 Å². The predicted molar refractivity (Wildman–Crippen MR) is 86.8 cm³/mol. The Hall–Kier alpha value is -2.23. The number of hydrogen-bond donors (Lipinski definition) is 0. The predicted octanol–water partition coefficient (Wildman–Crippen LogP) is 3.69. The third-order valence-corrected chi connectivity index (χ3v) is 4.98. The maximum atomic E-state index is 9.43. The third-order valence-electron chi connectivity index (χ3n) is 4.98. The highest BCUT2D eigenvalue weighted by molar-refractivity contribution is 5.82. The highest BCUT2D eigenvalue weighted by Gasteiger charge is 2.29. The van der Waals surface area contributed by atoms with Gasteiger partial charge in [0.2, 0.25) is 0 Å². The van der Waals surface area contributed by atoms with Gasteiger partial charge in [-0.05, 0) is 62.4 Å². The van der Waals surface area contributed by atoms with E-state index in [9.17, 15) is 5.26 Å². The summed E-state index contributed by atoms with van der Waals surface area (Å²) in [6.07, 6.45) is 10.9. The Labute approximate surface area is 131 Å². The van der Waals surface area contributed by atoms with Crippen LogP contribution in [0.5, 0.6) is 0 Å². The highest BCUT2D eigenvalue weighted by atomic mass is 16.3. The lowest BCUT2D eigenvalue weighted by Crippen LogP contribution is -2.33. The third kappa shape index (κ3) is 2.28. The fourth-order valence-corrected chi connectivity index (χ4v) is 3.69. The Balaban J connectivity index is 2.00. The molecule has 3 aliphatic rings. The molecule has 0 saturated carbocycles. The first-order chi connectivity index (χ1) is 10.7. The molecule has 0 atom stereocenters. The first kappa shape index (κ1) is 14.7. The van der Waals surface area contributed by atoms with Crippen LogP contribution in [0.25, 0.3) is 11.1 Å². The zero-order chi connectivity index (χ0) is 15.7. The van der Waals surface area contributed by atoms with Gasteiger partial charge in [0, 0.05) is 11.1 Å². The van der Waals surface area contributed by atoms with Gasteiger partial charge < -0.3 is 4.42 Å². The lowest BCUT2D eigenvalue weighted by Gasteiger charge is -2.31. The van der Waals surface area contributed by atoms with Gasteiger partial charge in [-0.1, -0.05) is 5.92 Å². The zero-order valence-electron chi connectivity index (χ0n) is 13.1. The van der Waals surface area contributed by atoms with E-state index in [4.69, 9.17) is 10.8 Å². The molecule has 0 N–H and O–H groups in total. The van der Waals surface area contributed by atoms with Crippen molar-refractivity contribution in [1.82, 2.24) is 4.90 Å². The average Bonchev–Trinajstić information content (AvgIpc) is 2.80. The average molecular weight is 292 g/mol. The lowest BCUT2D eigenvalue weighted by atomic mass is 9.85. The molecule has 0 aromatic heterocycles. The largest absolute Gasteiger partial charge is 0.471 e. The Bertz CT molecular complexity index is 736. The van der Waals surface area contributed by atoms with Crippen molar-refractivity contribution in [3.63, 3.8) is 0 Å². The summed E-state index contributed by atoms with van der Waals surface area (Å²) in [5.74, 6) is 3.23. The molecule has 0 spiro atoms. The van der Waals surface area contributed by atoms with Gasteiger partial charge in [0.05, 0.1) is 18.4 Å². The van der Waals surface area contributed by atoms with Crippen molar-refractivity contribution in [3.05, 3.63) is 34.8 Å². The summed E-state index contributed by atoms with van der Waals surface area (Å²) in [5, 5.41) is 9.43. The van der Waals surface area contributed by atoms with Gasteiger partial charge in [0.25, 0.3) is 0 Å². The van der Waals surface area contributed by atoms with Crippen molar-refractivity contribution in [2.75, 3.05) is 19.6 Å². The monoisotopic (exact) mass is 292 g/mol. The molecule has 22 heavy (non-hydrogen) atoms. The van der Waals surface area contributed by atoms with E-state index in [0.717, 1.165) is 43.6 Å². The molecule has 1 fully saturated rings. The van der Waals surface area contributed by atoms with E-state index in [2.05, 4.69) is 30.7 Å². The van der Waals surface area contributed by atoms with Crippen molar-refractivity contribution in [2.45, 2.75) is 32.6 Å². The van der Waals surface area contributed by atoms with E-state index in [1.54, 1.807) is 12.5 Å². The molecule has 0 radical (unpaired) electrons. The summed E-state index contributed by atoms with van der Waals surface area (Å²) < 4.78 is 5.35. The smallest absolute Gasteiger partial charge is 0.109 e. The molecule has 112 valence electrons. The first-order valence-electron chi connectivity index (χ1n) is 7.72. The molecule has 0 bridgehead atoms. The quantitative estimate of drug-likeness (QED) is 0.793. The standard InChI is InChI=1S/C19H20N2O/c1-4-7-21-8-5-15(6-9-21)18-14(3)13(2)17-12-22-11-16(10-20)19(17)18/h1,11-12,15H,5-9H2,2-3H3. The second-order valence-corrected chi connectivity index (χ2v) is 6.10. The number of piperidine rings is 1. The molecule has 0 amide bonds. The van der Waals surface area contributed by atoms with E-state index in [-0.39, 0.29) is 0 Å². The van der Waals surface area contributed by atoms with E-state index < -0.39 is 0 Å². The van der Waals surface area contributed by atoms with E-state index >= 15 is 0 Å². The number of terminal acetylenes is 1. The maximum Gasteiger partial charge on any atom is 0.109 e. The zero-order valence-corrected chi connectivity index (χ0v) is 13.1. The number of fused-ring (bicyclic) bond motifs is 1. The topological polar surface area (TPSA) is 40.2 Å². The summed E-state index contributed by atoms with van der Waals surface area (Å²) in [6.45, 7) is 7.07. The summed E-state index contributed by atoms with van der Waals surface area (Å²) in [5.41, 5.74) is 6.71. The fourth-order valence-electron chi connectivity index (χ4n) is 3.69. The highest BCUT2D eigenvalue weighted by Crippen LogP contribution is 2.44. The summed E-state index contributed by atoms with van der Waals surface area (Å²) >= 11 is 0. The second-order valence-electron chi connectivity index (χ2n) is 6.10. The molecular weight excluding hydrogens is 272 g/mol. The molecule has 2 heterocycles. The molecule has 3 heteroatoms. The van der Waals surface area contributed by atoms with Crippen LogP contribution in [-0.4, -0.2) is 24.5 Å². The fraction of sp³-hybridized carbons (Fsp3) is 0.421. The molecule has 3 rings (SSSR count). The van der Waals surface area contributed by atoms with Crippen LogP contribution in [0.1, 0.15) is 41.0 Å². The van der Waals surface area contributed by atoms with E-state index in [1.165, 1.54) is 16.7 Å². The summed E-state index contributed by atoms with van der Waals surface area (Å²) in [6, 6.07) is 2.29. The van der Waals surface area contributed by atoms with Crippen molar-refractivity contribution in [1.29, 1.82) is 5.26 Å². The lowest BCUT2D eigenvalue weighted by molar-refractivity contribution is 0.236. The number of nitrogens with zero attached hydrogens (tertiary/aromatic N) is 2. The maximum absolute atomic E-state index is 9.43. The van der Waals surface area contributed by atoms with Crippen molar-refractivity contribution in [2.24, 2.45) is 0 Å². The summed E-state index contributed by atoms with van der Waals surface area (Å²) in [7, 11) is 0. The Morgan fingerprint density at radius 3 is 2.64 bits per heavy atom. The molecule has 3 nitrogen and oxygen atoms in total. The van der Waals surface area contributed by atoms with Gasteiger partial charge in [-0.25, -0.2) is 0 Å². The molecular formula is C19H20N2O. The van der Waals surface area contributed by atoms with Crippen LogP contribution in [0.4, 0.5) is 0 Å². The van der Waals surface area contributed by atoms with Crippen LogP contribution < -0.4 is 0 Å². The van der Waals surface area contributed by atoms with Gasteiger partial charge in [-0.2, -0.15) is 5.26 Å².